The van der Waals surface area contributed by atoms with Gasteiger partial charge in [-0.25, -0.2) is 8.42 Å². The second-order valence-corrected chi connectivity index (χ2v) is 12.3. The van der Waals surface area contributed by atoms with Crippen LogP contribution < -0.4 is 10.6 Å². The summed E-state index contributed by atoms with van der Waals surface area (Å²) in [7, 11) is -3.95. The van der Waals surface area contributed by atoms with Crippen molar-refractivity contribution in [3.05, 3.63) is 77.9 Å². The number of amides is 1. The van der Waals surface area contributed by atoms with Crippen LogP contribution in [0.1, 0.15) is 31.0 Å². The number of carbonyl (C=O) groups is 1. The molecule has 2 aromatic carbocycles. The maximum atomic E-state index is 13.4. The van der Waals surface area contributed by atoms with Crippen molar-refractivity contribution < 1.29 is 30.8 Å². The zero-order chi connectivity index (χ0) is 30.4. The Bertz CT molecular complexity index is 1810. The molecule has 5 rings (SSSR count). The van der Waals surface area contributed by atoms with E-state index in [-0.39, 0.29) is 28.9 Å². The molecule has 0 spiro atoms. The number of fused-ring (bicyclic) bond motifs is 1. The van der Waals surface area contributed by atoms with Gasteiger partial charge in [0.15, 0.2) is 9.84 Å². The molecule has 1 aliphatic heterocycles. The van der Waals surface area contributed by atoms with E-state index >= 15 is 0 Å². The molecule has 2 N–H and O–H groups in total. The molecular weight excluding hydrogens is 573 g/mol. The van der Waals surface area contributed by atoms with Crippen LogP contribution in [0, 0.1) is 11.3 Å². The fraction of sp³-hybridized carbons (Fsp3) is 0.250. The molecule has 0 unspecified atom stereocenters. The topological polar surface area (TPSA) is 156 Å². The first kappa shape index (κ1) is 28.9. The average Bonchev–Trinajstić information content (AvgIpc) is 3.44. The molecule has 2 aromatic heterocycles. The summed E-state index contributed by atoms with van der Waals surface area (Å²) in [5.74, 6) is -1.11. The maximum Gasteiger partial charge on any atom is 0.433 e. The number of nitrogens with zero attached hydrogens (tertiary/aromatic N) is 5. The number of nitriles is 1. The molecule has 0 saturated carbocycles. The Morgan fingerprint density at radius 1 is 1.05 bits per heavy atom. The van der Waals surface area contributed by atoms with E-state index < -0.39 is 44.8 Å². The number of sulfone groups is 1. The van der Waals surface area contributed by atoms with Crippen LogP contribution in [0.4, 0.5) is 18.9 Å². The summed E-state index contributed by atoms with van der Waals surface area (Å²) in [5, 5.41) is 17.3. The van der Waals surface area contributed by atoms with Crippen molar-refractivity contribution in [2.45, 2.75) is 42.9 Å². The fourth-order valence-corrected chi connectivity index (χ4v) is 5.92. The van der Waals surface area contributed by atoms with Gasteiger partial charge >= 0.3 is 6.18 Å². The van der Waals surface area contributed by atoms with Gasteiger partial charge in [0.2, 0.25) is 17.7 Å². The van der Waals surface area contributed by atoms with Crippen LogP contribution in [0.5, 0.6) is 0 Å². The number of carbonyl (C=O) groups excluding carboxylic acids is 1. The highest BCUT2D eigenvalue weighted by molar-refractivity contribution is 7.91. The third-order valence-electron chi connectivity index (χ3n) is 6.73. The van der Waals surface area contributed by atoms with E-state index in [2.05, 4.69) is 21.3 Å². The van der Waals surface area contributed by atoms with Gasteiger partial charge in [-0.2, -0.15) is 18.4 Å². The highest BCUT2D eigenvalue weighted by Crippen LogP contribution is 2.36. The lowest BCUT2D eigenvalue weighted by molar-refractivity contribution is -0.141. The van der Waals surface area contributed by atoms with Crippen LogP contribution >= 0.6 is 0 Å². The number of aromatic nitrogens is 3. The average molecular weight is 597 g/mol. The molecule has 0 fully saturated rings. The Hall–Kier alpha value is -4.61. The molecule has 42 heavy (non-hydrogen) atoms. The van der Waals surface area contributed by atoms with Gasteiger partial charge in [0.1, 0.15) is 11.1 Å². The lowest BCUT2D eigenvalue weighted by Crippen LogP contribution is -2.45. The molecule has 4 aromatic rings. The van der Waals surface area contributed by atoms with Gasteiger partial charge in [0.25, 0.3) is 0 Å². The van der Waals surface area contributed by atoms with E-state index in [1.165, 1.54) is 29.2 Å². The predicted octanol–water partition coefficient (Wildman–Crippen LogP) is 4.27. The van der Waals surface area contributed by atoms with Crippen molar-refractivity contribution in [1.82, 2.24) is 15.2 Å². The lowest BCUT2D eigenvalue weighted by Gasteiger charge is -2.24. The molecule has 1 atom stereocenters. The summed E-state index contributed by atoms with van der Waals surface area (Å²) < 4.78 is 70.5. The first-order valence-corrected chi connectivity index (χ1v) is 14.2. The SMILES string of the molecule is CC(C)(C#N)c1nnc(-c2ccc3c(c2)N(Cc2ccc(-c4ccc(C(F)(F)F)nc4)cc2)C(=O)[C@@H](N)CS3(=O)=O)o1. The maximum absolute atomic E-state index is 13.4. The van der Waals surface area contributed by atoms with Crippen molar-refractivity contribution >= 4 is 21.4 Å². The predicted molar refractivity (Wildman–Crippen MR) is 144 cm³/mol. The van der Waals surface area contributed by atoms with Crippen LogP contribution in [0.2, 0.25) is 0 Å². The molecule has 0 radical (unpaired) electrons. The largest absolute Gasteiger partial charge is 0.433 e. The standard InChI is InChI=1S/C28H23F3N6O4S/c1-27(2,15-32)26-36-35-24(41-26)18-7-9-22-21(11-18)37(25(38)20(33)14-42(22,39)40)13-16-3-5-17(6-4-16)19-8-10-23(34-12-19)28(29,30)31/h3-12,20H,13-14,33H2,1-2H3/t20-/m0/s1. The normalized spacial score (nSPS) is 16.9. The summed E-state index contributed by atoms with van der Waals surface area (Å²) in [5.41, 5.74) is 6.00. The van der Waals surface area contributed by atoms with Gasteiger partial charge in [0.05, 0.1) is 35.0 Å². The van der Waals surface area contributed by atoms with Gasteiger partial charge in [-0.3, -0.25) is 9.78 Å². The van der Waals surface area contributed by atoms with Gasteiger partial charge in [-0.15, -0.1) is 10.2 Å². The number of pyridine rings is 1. The van der Waals surface area contributed by atoms with Crippen molar-refractivity contribution in [1.29, 1.82) is 5.26 Å². The Kier molecular flexibility index (Phi) is 7.12. The minimum absolute atomic E-state index is 0.0315. The Balaban J connectivity index is 1.50. The highest BCUT2D eigenvalue weighted by Gasteiger charge is 2.37. The Labute approximate surface area is 238 Å². The van der Waals surface area contributed by atoms with Gasteiger partial charge in [-0.1, -0.05) is 30.3 Å². The van der Waals surface area contributed by atoms with E-state index in [9.17, 15) is 31.6 Å². The zero-order valence-electron chi connectivity index (χ0n) is 22.3. The van der Waals surface area contributed by atoms with Crippen LogP contribution in [0.15, 0.2) is 70.1 Å². The first-order valence-electron chi connectivity index (χ1n) is 12.5. The summed E-state index contributed by atoms with van der Waals surface area (Å²) in [4.78, 5) is 18.0. The molecule has 14 heteroatoms. The lowest BCUT2D eigenvalue weighted by atomic mass is 9.96. The van der Waals surface area contributed by atoms with Gasteiger partial charge in [-0.05, 0) is 49.2 Å². The number of hydrogen-bond acceptors (Lipinski definition) is 9. The van der Waals surface area contributed by atoms with E-state index in [1.807, 2.05) is 0 Å². The van der Waals surface area contributed by atoms with Gasteiger partial charge < -0.3 is 15.1 Å². The summed E-state index contributed by atoms with van der Waals surface area (Å²) in [6.45, 7) is 3.16. The Morgan fingerprint density at radius 3 is 2.33 bits per heavy atom. The number of benzene rings is 2. The third kappa shape index (κ3) is 5.48. The second kappa shape index (κ2) is 10.3. The zero-order valence-corrected chi connectivity index (χ0v) is 23.1. The van der Waals surface area contributed by atoms with Crippen LogP contribution in [0.3, 0.4) is 0 Å². The Morgan fingerprint density at radius 2 is 1.71 bits per heavy atom. The van der Waals surface area contributed by atoms with Crippen molar-refractivity contribution in [2.24, 2.45) is 5.73 Å². The van der Waals surface area contributed by atoms with Gasteiger partial charge in [0, 0.05) is 17.3 Å². The molecule has 1 amide bonds. The number of alkyl halides is 3. The molecule has 216 valence electrons. The second-order valence-electron chi connectivity index (χ2n) is 10.3. The first-order chi connectivity index (χ1) is 19.7. The third-order valence-corrected chi connectivity index (χ3v) is 8.55. The molecule has 0 saturated heterocycles. The number of rotatable bonds is 5. The van der Waals surface area contributed by atoms with E-state index in [0.29, 0.717) is 22.3 Å². The molecule has 0 aliphatic carbocycles. The fourth-order valence-electron chi connectivity index (χ4n) is 4.36. The molecule has 10 nitrogen and oxygen atoms in total. The molecule has 0 bridgehead atoms. The summed E-state index contributed by atoms with van der Waals surface area (Å²) >= 11 is 0. The molecular formula is C28H23F3N6O4S. The summed E-state index contributed by atoms with van der Waals surface area (Å²) in [6, 6.07) is 13.9. The number of anilines is 1. The van der Waals surface area contributed by atoms with Crippen LogP contribution in [-0.4, -0.2) is 41.3 Å². The number of hydrogen-bond donors (Lipinski definition) is 1. The van der Waals surface area contributed by atoms with E-state index in [4.69, 9.17) is 10.2 Å². The quantitative estimate of drug-likeness (QED) is 0.355. The smallest absolute Gasteiger partial charge is 0.419 e. The minimum atomic E-state index is -4.55. The van der Waals surface area contributed by atoms with Crippen molar-refractivity contribution in [3.63, 3.8) is 0 Å². The van der Waals surface area contributed by atoms with E-state index in [0.717, 1.165) is 12.3 Å². The van der Waals surface area contributed by atoms with Crippen molar-refractivity contribution in [3.8, 4) is 28.7 Å². The highest BCUT2D eigenvalue weighted by atomic mass is 32.2. The monoisotopic (exact) mass is 596 g/mol. The van der Waals surface area contributed by atoms with E-state index in [1.54, 1.807) is 38.1 Å². The van der Waals surface area contributed by atoms with Crippen molar-refractivity contribution in [2.75, 3.05) is 10.7 Å². The number of halogens is 3. The van der Waals surface area contributed by atoms with Crippen LogP contribution in [0.25, 0.3) is 22.6 Å². The molecule has 1 aliphatic rings. The number of nitrogens with two attached hydrogens (primary N) is 1. The summed E-state index contributed by atoms with van der Waals surface area (Å²) in [6.07, 6.45) is -3.43. The minimum Gasteiger partial charge on any atom is -0.419 e. The van der Waals surface area contributed by atoms with Crippen LogP contribution in [-0.2, 0) is 32.8 Å². The molecule has 3 heterocycles.